The summed E-state index contributed by atoms with van der Waals surface area (Å²) in [7, 11) is 0. The number of nitrogens with zero attached hydrogens (tertiary/aromatic N) is 2. The van der Waals surface area contributed by atoms with Gasteiger partial charge in [0.1, 0.15) is 11.3 Å². The van der Waals surface area contributed by atoms with Crippen LogP contribution in [0.4, 0.5) is 19.0 Å². The second-order valence-electron chi connectivity index (χ2n) is 3.86. The average Bonchev–Trinajstić information content (AvgIpc) is 2.43. The number of benzene rings is 1. The Kier molecular flexibility index (Phi) is 4.34. The Morgan fingerprint density at radius 1 is 1.10 bits per heavy atom. The molecule has 0 unspecified atom stereocenters. The zero-order valence-corrected chi connectivity index (χ0v) is 11.6. The van der Waals surface area contributed by atoms with Crippen LogP contribution in [0.5, 0.6) is 0 Å². The van der Waals surface area contributed by atoms with E-state index in [1.165, 1.54) is 0 Å². The molecule has 9 heteroatoms. The Bertz CT molecular complexity index is 674. The van der Waals surface area contributed by atoms with Gasteiger partial charge in [-0.25, -0.2) is 9.97 Å². The van der Waals surface area contributed by atoms with Gasteiger partial charge >= 0.3 is 6.18 Å². The molecule has 1 aromatic heterocycles. The largest absolute Gasteiger partial charge is 0.416 e. The molecule has 1 aromatic carbocycles. The van der Waals surface area contributed by atoms with Crippen LogP contribution in [0.2, 0.25) is 10.2 Å². The molecule has 2 rings (SSSR count). The van der Waals surface area contributed by atoms with Crippen LogP contribution in [0.25, 0.3) is 0 Å². The number of hydrogen-bond acceptors (Lipinski definition) is 3. The third-order valence-corrected chi connectivity index (χ3v) is 3.19. The maximum atomic E-state index is 12.4. The van der Waals surface area contributed by atoms with Gasteiger partial charge in [-0.15, -0.1) is 0 Å². The molecule has 21 heavy (non-hydrogen) atoms. The van der Waals surface area contributed by atoms with Gasteiger partial charge in [0.25, 0.3) is 5.91 Å². The summed E-state index contributed by atoms with van der Waals surface area (Å²) < 4.78 is 37.2. The van der Waals surface area contributed by atoms with Crippen LogP contribution in [0.15, 0.2) is 30.6 Å². The van der Waals surface area contributed by atoms with Crippen molar-refractivity contribution in [2.75, 3.05) is 5.32 Å². The summed E-state index contributed by atoms with van der Waals surface area (Å²) in [6.45, 7) is 0. The number of halogens is 5. The number of aromatic nitrogens is 2. The first-order valence-electron chi connectivity index (χ1n) is 5.43. The highest BCUT2D eigenvalue weighted by molar-refractivity contribution is 6.43. The van der Waals surface area contributed by atoms with Gasteiger partial charge in [-0.2, -0.15) is 13.2 Å². The zero-order valence-electron chi connectivity index (χ0n) is 10.1. The predicted octanol–water partition coefficient (Wildman–Crippen LogP) is 4.05. The first kappa shape index (κ1) is 15.5. The molecule has 0 fully saturated rings. The third-order valence-electron chi connectivity index (χ3n) is 2.45. The minimum absolute atomic E-state index is 0.0220. The molecule has 1 amide bonds. The number of carbonyl (C=O) groups is 1. The Hall–Kier alpha value is -1.86. The molecule has 0 bridgehead atoms. The molecule has 0 saturated carbocycles. The molecule has 0 aliphatic heterocycles. The SMILES string of the molecule is O=C(Nc1ncnc(Cl)c1Cl)c1ccc(C(F)(F)F)cc1. The van der Waals surface area contributed by atoms with Gasteiger partial charge in [-0.1, -0.05) is 23.2 Å². The van der Waals surface area contributed by atoms with Gasteiger partial charge in [0.05, 0.1) is 5.56 Å². The molecular formula is C12H6Cl2F3N3O. The first-order valence-corrected chi connectivity index (χ1v) is 6.19. The number of alkyl halides is 3. The van der Waals surface area contributed by atoms with E-state index >= 15 is 0 Å². The lowest BCUT2D eigenvalue weighted by molar-refractivity contribution is -0.137. The number of anilines is 1. The normalized spacial score (nSPS) is 11.3. The Morgan fingerprint density at radius 3 is 2.29 bits per heavy atom. The van der Waals surface area contributed by atoms with Gasteiger partial charge in [-0.05, 0) is 24.3 Å². The number of hydrogen-bond donors (Lipinski definition) is 1. The van der Waals surface area contributed by atoms with Crippen molar-refractivity contribution in [3.8, 4) is 0 Å². The second-order valence-corrected chi connectivity index (χ2v) is 4.59. The quantitative estimate of drug-likeness (QED) is 0.842. The Morgan fingerprint density at radius 2 is 1.71 bits per heavy atom. The highest BCUT2D eigenvalue weighted by Crippen LogP contribution is 2.29. The van der Waals surface area contributed by atoms with Gasteiger partial charge < -0.3 is 5.32 Å². The van der Waals surface area contributed by atoms with E-state index in [1.807, 2.05) is 0 Å². The lowest BCUT2D eigenvalue weighted by Crippen LogP contribution is -2.14. The summed E-state index contributed by atoms with van der Waals surface area (Å²) in [5, 5.41) is 2.23. The van der Waals surface area contributed by atoms with E-state index in [2.05, 4.69) is 15.3 Å². The highest BCUT2D eigenvalue weighted by atomic mass is 35.5. The van der Waals surface area contributed by atoms with Crippen LogP contribution in [-0.2, 0) is 6.18 Å². The fraction of sp³-hybridized carbons (Fsp3) is 0.0833. The second kappa shape index (κ2) is 5.87. The summed E-state index contributed by atoms with van der Waals surface area (Å²) in [5.74, 6) is -0.693. The van der Waals surface area contributed by atoms with Gasteiger partial charge in [0.2, 0.25) is 0 Å². The summed E-state index contributed by atoms with van der Waals surface area (Å²) >= 11 is 11.4. The minimum atomic E-state index is -4.46. The van der Waals surface area contributed by atoms with Crippen LogP contribution in [0.1, 0.15) is 15.9 Å². The fourth-order valence-electron chi connectivity index (χ4n) is 1.43. The summed E-state index contributed by atoms with van der Waals surface area (Å²) in [4.78, 5) is 19.2. The molecule has 1 N–H and O–H groups in total. The van der Waals surface area contributed by atoms with Gasteiger partial charge in [0.15, 0.2) is 11.0 Å². The van der Waals surface area contributed by atoms with Crippen molar-refractivity contribution in [2.45, 2.75) is 6.18 Å². The fourth-order valence-corrected chi connectivity index (χ4v) is 1.70. The van der Waals surface area contributed by atoms with Crippen molar-refractivity contribution in [3.05, 3.63) is 51.9 Å². The Balaban J connectivity index is 2.19. The lowest BCUT2D eigenvalue weighted by Gasteiger charge is -2.08. The van der Waals surface area contributed by atoms with E-state index in [1.54, 1.807) is 0 Å². The van der Waals surface area contributed by atoms with E-state index < -0.39 is 17.6 Å². The number of carbonyl (C=O) groups excluding carboxylic acids is 1. The van der Waals surface area contributed by atoms with Crippen molar-refractivity contribution < 1.29 is 18.0 Å². The molecule has 0 spiro atoms. The maximum absolute atomic E-state index is 12.4. The minimum Gasteiger partial charge on any atom is -0.305 e. The molecule has 0 aliphatic rings. The van der Waals surface area contributed by atoms with E-state index in [0.717, 1.165) is 30.6 Å². The standard InChI is InChI=1S/C12H6Cl2F3N3O/c13-8-9(14)18-5-19-10(8)20-11(21)6-1-3-7(4-2-6)12(15,16)17/h1-5H,(H,18,19,20,21). The lowest BCUT2D eigenvalue weighted by atomic mass is 10.1. The smallest absolute Gasteiger partial charge is 0.305 e. The van der Waals surface area contributed by atoms with E-state index in [9.17, 15) is 18.0 Å². The maximum Gasteiger partial charge on any atom is 0.416 e. The molecule has 0 radical (unpaired) electrons. The third kappa shape index (κ3) is 3.62. The van der Waals surface area contributed by atoms with Crippen LogP contribution in [-0.4, -0.2) is 15.9 Å². The molecular weight excluding hydrogens is 330 g/mol. The summed E-state index contributed by atoms with van der Waals surface area (Å²) in [5.41, 5.74) is -0.823. The van der Waals surface area contributed by atoms with Crippen molar-refractivity contribution in [1.29, 1.82) is 0 Å². The predicted molar refractivity (Wildman–Crippen MR) is 71.4 cm³/mol. The van der Waals surface area contributed by atoms with Crippen molar-refractivity contribution in [2.24, 2.45) is 0 Å². The van der Waals surface area contributed by atoms with E-state index in [4.69, 9.17) is 23.2 Å². The summed E-state index contributed by atoms with van der Waals surface area (Å²) in [6.07, 6.45) is -3.37. The van der Waals surface area contributed by atoms with Crippen LogP contribution in [0.3, 0.4) is 0 Å². The monoisotopic (exact) mass is 335 g/mol. The van der Waals surface area contributed by atoms with Gasteiger partial charge in [-0.3, -0.25) is 4.79 Å². The molecule has 4 nitrogen and oxygen atoms in total. The average molecular weight is 336 g/mol. The van der Waals surface area contributed by atoms with Crippen LogP contribution in [0, 0.1) is 0 Å². The van der Waals surface area contributed by atoms with Crippen LogP contribution >= 0.6 is 23.2 Å². The number of amides is 1. The number of nitrogens with one attached hydrogen (secondary N) is 1. The molecule has 1 heterocycles. The molecule has 2 aromatic rings. The van der Waals surface area contributed by atoms with E-state index in [0.29, 0.717) is 0 Å². The zero-order chi connectivity index (χ0) is 15.6. The summed E-state index contributed by atoms with van der Waals surface area (Å²) in [6, 6.07) is 3.72. The van der Waals surface area contributed by atoms with Crippen LogP contribution < -0.4 is 5.32 Å². The first-order chi connectivity index (χ1) is 9.79. The highest BCUT2D eigenvalue weighted by Gasteiger charge is 2.30. The Labute approximate surface area is 126 Å². The number of rotatable bonds is 2. The van der Waals surface area contributed by atoms with Crippen molar-refractivity contribution in [3.63, 3.8) is 0 Å². The molecule has 0 atom stereocenters. The van der Waals surface area contributed by atoms with E-state index in [-0.39, 0.29) is 21.6 Å². The van der Waals surface area contributed by atoms with Gasteiger partial charge in [0, 0.05) is 5.56 Å². The topological polar surface area (TPSA) is 54.9 Å². The van der Waals surface area contributed by atoms with Crippen molar-refractivity contribution >= 4 is 34.9 Å². The molecule has 0 aliphatic carbocycles. The molecule has 110 valence electrons. The molecule has 0 saturated heterocycles. The van der Waals surface area contributed by atoms with Crippen molar-refractivity contribution in [1.82, 2.24) is 9.97 Å².